The molecule has 10 heteroatoms. The molecule has 0 unspecified atom stereocenters. The molecular formula is C16H30N4O4S2. The summed E-state index contributed by atoms with van der Waals surface area (Å²) < 4.78 is 0. The van der Waals surface area contributed by atoms with Gasteiger partial charge in [-0.25, -0.2) is 9.59 Å². The van der Waals surface area contributed by atoms with Crippen molar-refractivity contribution < 1.29 is 19.2 Å². The first-order chi connectivity index (χ1) is 12.3. The first kappa shape index (κ1) is 24.6. The predicted octanol–water partition coefficient (Wildman–Crippen LogP) is 2.26. The first-order valence-corrected chi connectivity index (χ1v) is 11.2. The summed E-state index contributed by atoms with van der Waals surface area (Å²) in [4.78, 5) is 45.9. The molecule has 0 fully saturated rings. The van der Waals surface area contributed by atoms with Crippen LogP contribution in [0.4, 0.5) is 9.59 Å². The van der Waals surface area contributed by atoms with E-state index < -0.39 is 12.1 Å². The van der Waals surface area contributed by atoms with Crippen molar-refractivity contribution in [3.8, 4) is 0 Å². The van der Waals surface area contributed by atoms with Crippen molar-refractivity contribution >= 4 is 45.5 Å². The summed E-state index contributed by atoms with van der Waals surface area (Å²) in [5, 5.41) is 9.72. The van der Waals surface area contributed by atoms with Gasteiger partial charge < -0.3 is 10.6 Å². The molecular weight excluding hydrogens is 376 g/mol. The van der Waals surface area contributed by atoms with Crippen LogP contribution in [0.1, 0.15) is 46.5 Å². The summed E-state index contributed by atoms with van der Waals surface area (Å²) in [6.45, 7) is 6.81. The van der Waals surface area contributed by atoms with Gasteiger partial charge >= 0.3 is 12.1 Å². The molecule has 4 N–H and O–H groups in total. The third kappa shape index (κ3) is 16.1. The molecule has 0 aromatic rings. The van der Waals surface area contributed by atoms with Gasteiger partial charge in [0.25, 0.3) is 0 Å². The molecule has 0 rings (SSSR count). The van der Waals surface area contributed by atoms with E-state index in [1.165, 1.54) is 21.6 Å². The topological polar surface area (TPSA) is 116 Å². The van der Waals surface area contributed by atoms with E-state index in [1.807, 2.05) is 13.8 Å². The van der Waals surface area contributed by atoms with E-state index in [9.17, 15) is 19.2 Å². The maximum atomic E-state index is 11.6. The summed E-state index contributed by atoms with van der Waals surface area (Å²) >= 11 is 0. The molecule has 0 aliphatic rings. The zero-order chi connectivity index (χ0) is 19.8. The third-order valence-electron chi connectivity index (χ3n) is 2.91. The second-order valence-corrected chi connectivity index (χ2v) is 8.58. The molecule has 0 aliphatic carbocycles. The molecule has 0 radical (unpaired) electrons. The van der Waals surface area contributed by atoms with Gasteiger partial charge in [-0.2, -0.15) is 0 Å². The Balaban J connectivity index is 3.59. The molecule has 0 aliphatic heterocycles. The number of unbranched alkanes of at least 4 members (excludes halogenated alkanes) is 2. The van der Waals surface area contributed by atoms with E-state index in [1.54, 1.807) is 0 Å². The Kier molecular flexibility index (Phi) is 14.9. The Morgan fingerprint density at radius 2 is 1.46 bits per heavy atom. The quantitative estimate of drug-likeness (QED) is 0.292. The molecule has 8 nitrogen and oxygen atoms in total. The van der Waals surface area contributed by atoms with Gasteiger partial charge in [-0.15, -0.1) is 0 Å². The van der Waals surface area contributed by atoms with Crippen molar-refractivity contribution in [2.24, 2.45) is 5.92 Å². The van der Waals surface area contributed by atoms with Crippen molar-refractivity contribution in [1.29, 1.82) is 0 Å². The van der Waals surface area contributed by atoms with Gasteiger partial charge in [-0.1, -0.05) is 55.2 Å². The van der Waals surface area contributed by atoms with Gasteiger partial charge in [0.2, 0.25) is 11.8 Å². The Morgan fingerprint density at radius 3 is 2.08 bits per heavy atom. The van der Waals surface area contributed by atoms with Crippen molar-refractivity contribution in [3.63, 3.8) is 0 Å². The van der Waals surface area contributed by atoms with Crippen LogP contribution < -0.4 is 21.3 Å². The minimum Gasteiger partial charge on any atom is -0.338 e. The van der Waals surface area contributed by atoms with Gasteiger partial charge in [0.15, 0.2) is 0 Å². The van der Waals surface area contributed by atoms with Crippen LogP contribution >= 0.6 is 21.6 Å². The molecule has 0 atom stereocenters. The highest BCUT2D eigenvalue weighted by Crippen LogP contribution is 2.19. The van der Waals surface area contributed by atoms with E-state index in [-0.39, 0.29) is 23.5 Å². The Bertz CT molecular complexity index is 462. The van der Waals surface area contributed by atoms with Gasteiger partial charge in [-0.05, 0) is 12.3 Å². The predicted molar refractivity (Wildman–Crippen MR) is 107 cm³/mol. The standard InChI is InChI=1S/C16H30N4O4S2/c1-4-5-6-7-17-15(23)20-14(22)11-26-25-9-8-18-16(24)19-13(21)10-12(2)3/h12H,4-11H2,1-3H3,(H2,17,20,22,23)(H2,18,19,21,24). The van der Waals surface area contributed by atoms with E-state index in [0.717, 1.165) is 19.3 Å². The second kappa shape index (κ2) is 15.8. The highest BCUT2D eigenvalue weighted by Gasteiger charge is 2.09. The number of nitrogens with one attached hydrogen (secondary N) is 4. The smallest absolute Gasteiger partial charge is 0.321 e. The maximum absolute atomic E-state index is 11.6. The molecule has 0 saturated heterocycles. The highest BCUT2D eigenvalue weighted by atomic mass is 33.1. The fourth-order valence-corrected chi connectivity index (χ4v) is 3.48. The van der Waals surface area contributed by atoms with Crippen LogP contribution in [0.15, 0.2) is 0 Å². The molecule has 0 heterocycles. The lowest BCUT2D eigenvalue weighted by atomic mass is 10.1. The number of amides is 6. The summed E-state index contributed by atoms with van der Waals surface area (Å²) in [5.41, 5.74) is 0. The fourth-order valence-electron chi connectivity index (χ4n) is 1.74. The zero-order valence-corrected chi connectivity index (χ0v) is 17.3. The summed E-state index contributed by atoms with van der Waals surface area (Å²) in [6, 6.07) is -0.986. The summed E-state index contributed by atoms with van der Waals surface area (Å²) in [5.74, 6) is 0.253. The minimum absolute atomic E-state index is 0.145. The van der Waals surface area contributed by atoms with Crippen LogP contribution in [0.25, 0.3) is 0 Å². The Labute approximate surface area is 163 Å². The molecule has 0 saturated carbocycles. The van der Waals surface area contributed by atoms with Gasteiger partial charge in [0.1, 0.15) is 0 Å². The van der Waals surface area contributed by atoms with E-state index in [2.05, 4.69) is 28.2 Å². The van der Waals surface area contributed by atoms with E-state index in [4.69, 9.17) is 0 Å². The lowest BCUT2D eigenvalue weighted by molar-refractivity contribution is -0.120. The van der Waals surface area contributed by atoms with Crippen molar-refractivity contribution in [2.45, 2.75) is 46.5 Å². The van der Waals surface area contributed by atoms with Crippen LogP contribution in [0, 0.1) is 5.92 Å². The number of hydrogen-bond acceptors (Lipinski definition) is 6. The minimum atomic E-state index is -0.515. The molecule has 0 bridgehead atoms. The summed E-state index contributed by atoms with van der Waals surface area (Å²) in [7, 11) is 2.70. The highest BCUT2D eigenvalue weighted by molar-refractivity contribution is 8.76. The fraction of sp³-hybridized carbons (Fsp3) is 0.750. The first-order valence-electron chi connectivity index (χ1n) is 8.74. The Hall–Kier alpha value is -1.42. The average Bonchev–Trinajstić information content (AvgIpc) is 2.53. The zero-order valence-electron chi connectivity index (χ0n) is 15.7. The normalized spacial score (nSPS) is 10.3. The van der Waals surface area contributed by atoms with E-state index >= 15 is 0 Å². The monoisotopic (exact) mass is 406 g/mol. The van der Waals surface area contributed by atoms with Crippen molar-refractivity contribution in [1.82, 2.24) is 21.3 Å². The van der Waals surface area contributed by atoms with Gasteiger partial charge in [-0.3, -0.25) is 20.2 Å². The lowest BCUT2D eigenvalue weighted by Gasteiger charge is -2.08. The number of urea groups is 2. The largest absolute Gasteiger partial charge is 0.338 e. The Morgan fingerprint density at radius 1 is 0.846 bits per heavy atom. The SMILES string of the molecule is CCCCCNC(=O)NC(=O)CSSCCNC(=O)NC(=O)CC(C)C. The maximum Gasteiger partial charge on any atom is 0.321 e. The molecule has 0 aromatic heterocycles. The average molecular weight is 407 g/mol. The van der Waals surface area contributed by atoms with E-state index in [0.29, 0.717) is 25.3 Å². The number of rotatable bonds is 12. The van der Waals surface area contributed by atoms with Crippen LogP contribution in [0.2, 0.25) is 0 Å². The molecule has 0 aromatic carbocycles. The van der Waals surface area contributed by atoms with Crippen molar-refractivity contribution in [2.75, 3.05) is 24.6 Å². The molecule has 150 valence electrons. The van der Waals surface area contributed by atoms with Gasteiger partial charge in [0, 0.05) is 25.3 Å². The molecule has 0 spiro atoms. The van der Waals surface area contributed by atoms with Crippen LogP contribution in [-0.4, -0.2) is 48.5 Å². The van der Waals surface area contributed by atoms with Crippen LogP contribution in [0.3, 0.4) is 0 Å². The van der Waals surface area contributed by atoms with Crippen LogP contribution in [0.5, 0.6) is 0 Å². The lowest BCUT2D eigenvalue weighted by Crippen LogP contribution is -2.40. The third-order valence-corrected chi connectivity index (χ3v) is 5.18. The molecule has 6 amide bonds. The van der Waals surface area contributed by atoms with Crippen LogP contribution in [-0.2, 0) is 9.59 Å². The summed E-state index contributed by atoms with van der Waals surface area (Å²) in [6.07, 6.45) is 3.31. The molecule has 26 heavy (non-hydrogen) atoms. The number of imide groups is 2. The second-order valence-electron chi connectivity index (χ2n) is 6.00. The number of carbonyl (C=O) groups excluding carboxylic acids is 4. The van der Waals surface area contributed by atoms with Gasteiger partial charge in [0.05, 0.1) is 5.75 Å². The van der Waals surface area contributed by atoms with Crippen molar-refractivity contribution in [3.05, 3.63) is 0 Å². The number of hydrogen-bond donors (Lipinski definition) is 4. The number of carbonyl (C=O) groups is 4.